The molecule has 1 aliphatic heterocycles. The monoisotopic (exact) mass is 573 g/mol. The van der Waals surface area contributed by atoms with Crippen molar-refractivity contribution in [3.63, 3.8) is 0 Å². The largest absolute Gasteiger partial charge is 0.456 e. The van der Waals surface area contributed by atoms with E-state index < -0.39 is 17.6 Å². The van der Waals surface area contributed by atoms with Crippen LogP contribution in [0.25, 0.3) is 21.8 Å². The Morgan fingerprint density at radius 2 is 1.67 bits per heavy atom. The number of carbonyl (C=O) groups is 1. The average Bonchev–Trinajstić information content (AvgIpc) is 3.48. The Hall–Kier alpha value is -4.41. The van der Waals surface area contributed by atoms with Crippen molar-refractivity contribution < 1.29 is 22.7 Å². The van der Waals surface area contributed by atoms with Crippen LogP contribution < -0.4 is 10.1 Å². The van der Waals surface area contributed by atoms with Crippen LogP contribution in [0.15, 0.2) is 79.1 Å². The van der Waals surface area contributed by atoms with Crippen LogP contribution in [0, 0.1) is 0 Å². The molecule has 0 spiro atoms. The van der Waals surface area contributed by atoms with E-state index in [4.69, 9.17) is 4.74 Å². The zero-order valence-corrected chi connectivity index (χ0v) is 23.0. The minimum Gasteiger partial charge on any atom is -0.456 e. The highest BCUT2D eigenvalue weighted by Gasteiger charge is 2.34. The van der Waals surface area contributed by atoms with Gasteiger partial charge in [-0.3, -0.25) is 9.69 Å². The van der Waals surface area contributed by atoms with E-state index in [9.17, 15) is 18.0 Å². The number of H-pyrrole nitrogens is 1. The highest BCUT2D eigenvalue weighted by Crippen LogP contribution is 2.36. The van der Waals surface area contributed by atoms with Gasteiger partial charge in [-0.15, -0.1) is 0 Å². The van der Waals surface area contributed by atoms with E-state index in [1.165, 1.54) is 12.1 Å². The van der Waals surface area contributed by atoms with Gasteiger partial charge >= 0.3 is 6.18 Å². The minimum atomic E-state index is -4.55. The van der Waals surface area contributed by atoms with E-state index in [1.54, 1.807) is 48.8 Å². The van der Waals surface area contributed by atoms with Crippen molar-refractivity contribution >= 4 is 33.4 Å². The van der Waals surface area contributed by atoms with Gasteiger partial charge in [-0.2, -0.15) is 13.2 Å². The Kier molecular flexibility index (Phi) is 7.57. The summed E-state index contributed by atoms with van der Waals surface area (Å²) in [5.74, 6) is 0.640. The normalized spacial score (nSPS) is 14.9. The summed E-state index contributed by atoms with van der Waals surface area (Å²) in [6.45, 7) is 6.33. The Balaban J connectivity index is 1.25. The van der Waals surface area contributed by atoms with E-state index in [-0.39, 0.29) is 17.8 Å². The number of hydrogen-bond acceptors (Lipinski definition) is 5. The Morgan fingerprint density at radius 3 is 2.45 bits per heavy atom. The molecule has 0 saturated carbocycles. The lowest BCUT2D eigenvalue weighted by molar-refractivity contribution is -0.138. The van der Waals surface area contributed by atoms with Gasteiger partial charge in [0.2, 0.25) is 0 Å². The van der Waals surface area contributed by atoms with Crippen LogP contribution in [-0.2, 0) is 12.7 Å². The van der Waals surface area contributed by atoms with E-state index in [1.807, 2.05) is 17.0 Å². The summed E-state index contributed by atoms with van der Waals surface area (Å²) in [4.78, 5) is 25.1. The molecule has 2 N–H and O–H groups in total. The molecule has 42 heavy (non-hydrogen) atoms. The number of aromatic amines is 1. The number of halogens is 3. The molecular weight excluding hydrogens is 543 g/mol. The molecule has 1 saturated heterocycles. The summed E-state index contributed by atoms with van der Waals surface area (Å²) in [6, 6.07) is 18.3. The van der Waals surface area contributed by atoms with E-state index >= 15 is 0 Å². The number of piperazine rings is 1. The molecule has 1 amide bonds. The molecule has 216 valence electrons. The van der Waals surface area contributed by atoms with E-state index in [0.29, 0.717) is 46.6 Å². The lowest BCUT2D eigenvalue weighted by Crippen LogP contribution is -2.45. The lowest BCUT2D eigenvalue weighted by Gasteiger charge is -2.34. The fourth-order valence-electron chi connectivity index (χ4n) is 5.47. The topological polar surface area (TPSA) is 73.5 Å². The second-order valence-electron chi connectivity index (χ2n) is 10.3. The van der Waals surface area contributed by atoms with Gasteiger partial charge in [-0.1, -0.05) is 37.3 Å². The molecule has 1 fully saturated rings. The van der Waals surface area contributed by atoms with Gasteiger partial charge in [0.1, 0.15) is 17.1 Å². The molecule has 0 atom stereocenters. The average molecular weight is 574 g/mol. The summed E-state index contributed by atoms with van der Waals surface area (Å²) in [5.41, 5.74) is 0.565. The second-order valence-corrected chi connectivity index (χ2v) is 10.3. The van der Waals surface area contributed by atoms with Crippen molar-refractivity contribution in [2.45, 2.75) is 19.6 Å². The number of benzene rings is 3. The first kappa shape index (κ1) is 27.7. The lowest BCUT2D eigenvalue weighted by atomic mass is 10.0. The molecule has 3 aromatic carbocycles. The molecular formula is C32H30F3N5O2. The third kappa shape index (κ3) is 5.68. The summed E-state index contributed by atoms with van der Waals surface area (Å²) in [6.07, 6.45) is -1.13. The smallest absolute Gasteiger partial charge is 0.416 e. The first-order chi connectivity index (χ1) is 20.3. The first-order valence-corrected chi connectivity index (χ1v) is 13.9. The predicted molar refractivity (Wildman–Crippen MR) is 157 cm³/mol. The molecule has 0 unspecified atom stereocenters. The number of hydrogen-bond donors (Lipinski definition) is 2. The maximum atomic E-state index is 14.1. The maximum absolute atomic E-state index is 14.1. The molecule has 6 rings (SSSR count). The fourth-order valence-corrected chi connectivity index (χ4v) is 5.47. The highest BCUT2D eigenvalue weighted by atomic mass is 19.4. The van der Waals surface area contributed by atoms with Crippen LogP contribution in [0.1, 0.15) is 28.4 Å². The molecule has 5 aromatic rings. The summed E-state index contributed by atoms with van der Waals surface area (Å²) >= 11 is 0. The Bertz CT molecular complexity index is 1740. The van der Waals surface area contributed by atoms with Gasteiger partial charge in [0, 0.05) is 61.8 Å². The van der Waals surface area contributed by atoms with Gasteiger partial charge in [-0.05, 0) is 53.9 Å². The quantitative estimate of drug-likeness (QED) is 0.221. The van der Waals surface area contributed by atoms with Gasteiger partial charge in [0.25, 0.3) is 5.91 Å². The Labute approximate surface area is 240 Å². The number of likely N-dealkylation sites (N-methyl/N-ethyl adjacent to an activating group) is 1. The van der Waals surface area contributed by atoms with Gasteiger partial charge < -0.3 is 19.9 Å². The van der Waals surface area contributed by atoms with Crippen molar-refractivity contribution in [3.05, 3.63) is 95.8 Å². The summed E-state index contributed by atoms with van der Waals surface area (Å²) in [5, 5.41) is 4.81. The number of amides is 1. The van der Waals surface area contributed by atoms with E-state index in [0.717, 1.165) is 31.1 Å². The molecule has 0 radical (unpaired) electrons. The number of nitrogens with zero attached hydrogens (tertiary/aromatic N) is 3. The van der Waals surface area contributed by atoms with Crippen LogP contribution in [0.4, 0.5) is 18.9 Å². The second kappa shape index (κ2) is 11.5. The fraction of sp³-hybridized carbons (Fsp3) is 0.250. The number of aromatic nitrogens is 2. The zero-order chi connectivity index (χ0) is 29.3. The number of carbonyl (C=O) groups excluding carboxylic acids is 1. The number of nitrogens with one attached hydrogen (secondary N) is 2. The third-order valence-corrected chi connectivity index (χ3v) is 7.75. The standard InChI is InChI=1S/C32H30F3N5O2/c1-2-39-15-17-40(18-16-39)20-21-9-10-22(19-27(21)32(33,34)35)38-31(41)25-7-3-6-24-23(25)5-4-8-28(24)42-29-12-14-37-30-26(29)11-13-36-30/h3-14,19H,2,15-18,20H2,1H3,(H,36,37)(H,38,41). The number of alkyl halides is 3. The molecule has 1 aliphatic rings. The molecule has 10 heteroatoms. The van der Waals surface area contributed by atoms with Crippen LogP contribution in [0.5, 0.6) is 11.5 Å². The molecule has 0 aliphatic carbocycles. The zero-order valence-electron chi connectivity index (χ0n) is 23.0. The number of ether oxygens (including phenoxy) is 1. The number of anilines is 1. The summed E-state index contributed by atoms with van der Waals surface area (Å²) < 4.78 is 48.6. The van der Waals surface area contributed by atoms with Gasteiger partial charge in [0.15, 0.2) is 0 Å². The molecule has 0 bridgehead atoms. The van der Waals surface area contributed by atoms with Crippen LogP contribution in [-0.4, -0.2) is 58.4 Å². The van der Waals surface area contributed by atoms with Crippen LogP contribution >= 0.6 is 0 Å². The SMILES string of the molecule is CCN1CCN(Cc2ccc(NC(=O)c3cccc4c(Oc5ccnc6[nH]ccc56)cccc34)cc2C(F)(F)F)CC1. The molecule has 7 nitrogen and oxygen atoms in total. The van der Waals surface area contributed by atoms with Gasteiger partial charge in [-0.25, -0.2) is 4.98 Å². The number of rotatable bonds is 7. The Morgan fingerprint density at radius 1 is 0.929 bits per heavy atom. The van der Waals surface area contributed by atoms with Crippen LogP contribution in [0.3, 0.4) is 0 Å². The van der Waals surface area contributed by atoms with Crippen molar-refractivity contribution in [1.29, 1.82) is 0 Å². The number of pyridine rings is 1. The minimum absolute atomic E-state index is 0.0860. The van der Waals surface area contributed by atoms with Crippen molar-refractivity contribution in [3.8, 4) is 11.5 Å². The molecule has 3 heterocycles. The highest BCUT2D eigenvalue weighted by molar-refractivity contribution is 6.13. The first-order valence-electron chi connectivity index (χ1n) is 13.9. The number of fused-ring (bicyclic) bond motifs is 2. The molecule has 2 aromatic heterocycles. The predicted octanol–water partition coefficient (Wildman–Crippen LogP) is 6.92. The van der Waals surface area contributed by atoms with Crippen molar-refractivity contribution in [1.82, 2.24) is 19.8 Å². The van der Waals surface area contributed by atoms with Crippen molar-refractivity contribution in [2.75, 3.05) is 38.0 Å². The van der Waals surface area contributed by atoms with E-state index in [2.05, 4.69) is 27.1 Å². The van der Waals surface area contributed by atoms with Crippen LogP contribution in [0.2, 0.25) is 0 Å². The maximum Gasteiger partial charge on any atom is 0.416 e. The third-order valence-electron chi connectivity index (χ3n) is 7.75. The van der Waals surface area contributed by atoms with Gasteiger partial charge in [0.05, 0.1) is 10.9 Å². The summed E-state index contributed by atoms with van der Waals surface area (Å²) in [7, 11) is 0. The van der Waals surface area contributed by atoms with Crippen molar-refractivity contribution in [2.24, 2.45) is 0 Å².